The van der Waals surface area contributed by atoms with Crippen LogP contribution < -0.4 is 5.56 Å². The van der Waals surface area contributed by atoms with Crippen molar-refractivity contribution in [3.05, 3.63) is 34.2 Å². The van der Waals surface area contributed by atoms with Gasteiger partial charge in [0.2, 0.25) is 0 Å². The molecule has 2 fully saturated rings. The summed E-state index contributed by atoms with van der Waals surface area (Å²) in [5.74, 6) is 0.737. The molecule has 1 aromatic rings. The number of aromatic nitrogens is 1. The molecular formula is C14H20N2O2. The minimum absolute atomic E-state index is 0.132. The van der Waals surface area contributed by atoms with E-state index >= 15 is 0 Å². The topological polar surface area (TPSA) is 34.5 Å². The van der Waals surface area contributed by atoms with Crippen LogP contribution in [0.1, 0.15) is 18.4 Å². The van der Waals surface area contributed by atoms with Crippen LogP contribution in [0.15, 0.2) is 23.1 Å². The van der Waals surface area contributed by atoms with Crippen molar-refractivity contribution in [2.45, 2.75) is 25.9 Å². The molecule has 2 aliphatic rings. The largest absolute Gasteiger partial charge is 0.379 e. The molecule has 1 aromatic heterocycles. The summed E-state index contributed by atoms with van der Waals surface area (Å²) in [4.78, 5) is 14.1. The zero-order valence-electron chi connectivity index (χ0n) is 10.7. The lowest BCUT2D eigenvalue weighted by Gasteiger charge is -2.26. The van der Waals surface area contributed by atoms with Crippen molar-refractivity contribution in [1.29, 1.82) is 0 Å². The Bertz CT molecular complexity index is 459. The van der Waals surface area contributed by atoms with E-state index in [9.17, 15) is 4.79 Å². The summed E-state index contributed by atoms with van der Waals surface area (Å²) in [6.45, 7) is 5.44. The van der Waals surface area contributed by atoms with Crippen LogP contribution in [0, 0.1) is 5.92 Å². The molecule has 98 valence electrons. The first-order chi connectivity index (χ1) is 8.81. The first-order valence-corrected chi connectivity index (χ1v) is 6.81. The average Bonchev–Trinajstić information content (AvgIpc) is 3.19. The highest BCUT2D eigenvalue weighted by atomic mass is 16.5. The lowest BCUT2D eigenvalue weighted by molar-refractivity contribution is 0.0341. The van der Waals surface area contributed by atoms with Crippen LogP contribution in [0.2, 0.25) is 0 Å². The van der Waals surface area contributed by atoms with Gasteiger partial charge in [0.15, 0.2) is 0 Å². The molecule has 0 amide bonds. The Balaban J connectivity index is 1.68. The molecule has 0 radical (unpaired) electrons. The van der Waals surface area contributed by atoms with Crippen molar-refractivity contribution < 1.29 is 4.74 Å². The fourth-order valence-corrected chi connectivity index (χ4v) is 2.41. The predicted molar refractivity (Wildman–Crippen MR) is 69.5 cm³/mol. The molecular weight excluding hydrogens is 228 g/mol. The maximum atomic E-state index is 11.8. The van der Waals surface area contributed by atoms with Gasteiger partial charge in [-0.1, -0.05) is 6.07 Å². The second-order valence-electron chi connectivity index (χ2n) is 5.36. The molecule has 0 bridgehead atoms. The zero-order valence-corrected chi connectivity index (χ0v) is 10.7. The molecule has 4 nitrogen and oxygen atoms in total. The summed E-state index contributed by atoms with van der Waals surface area (Å²) in [5, 5.41) is 0. The van der Waals surface area contributed by atoms with Gasteiger partial charge in [0.1, 0.15) is 0 Å². The van der Waals surface area contributed by atoms with Gasteiger partial charge in [0, 0.05) is 38.4 Å². The Morgan fingerprint density at radius 3 is 2.72 bits per heavy atom. The Hall–Kier alpha value is -1.13. The lowest BCUT2D eigenvalue weighted by atomic mass is 10.2. The molecule has 1 aliphatic carbocycles. The van der Waals surface area contributed by atoms with E-state index in [0.717, 1.165) is 45.3 Å². The highest BCUT2D eigenvalue weighted by Crippen LogP contribution is 2.30. The molecule has 3 rings (SSSR count). The maximum absolute atomic E-state index is 11.8. The van der Waals surface area contributed by atoms with Gasteiger partial charge in [-0.05, 0) is 24.3 Å². The number of pyridine rings is 1. The average molecular weight is 248 g/mol. The summed E-state index contributed by atoms with van der Waals surface area (Å²) < 4.78 is 7.23. The summed E-state index contributed by atoms with van der Waals surface area (Å²) in [6, 6.07) is 3.67. The van der Waals surface area contributed by atoms with E-state index in [1.807, 2.05) is 16.8 Å². The van der Waals surface area contributed by atoms with Gasteiger partial charge < -0.3 is 9.30 Å². The van der Waals surface area contributed by atoms with Gasteiger partial charge in [0.05, 0.1) is 13.2 Å². The van der Waals surface area contributed by atoms with Gasteiger partial charge >= 0.3 is 0 Å². The summed E-state index contributed by atoms with van der Waals surface area (Å²) >= 11 is 0. The third-order valence-electron chi connectivity index (χ3n) is 3.71. The zero-order chi connectivity index (χ0) is 12.4. The number of ether oxygens (including phenoxy) is 1. The van der Waals surface area contributed by atoms with Crippen molar-refractivity contribution in [3.8, 4) is 0 Å². The number of morpholine rings is 1. The smallest absolute Gasteiger partial charge is 0.250 e. The van der Waals surface area contributed by atoms with Crippen LogP contribution in [0.4, 0.5) is 0 Å². The van der Waals surface area contributed by atoms with Crippen LogP contribution in [0.25, 0.3) is 0 Å². The highest BCUT2D eigenvalue weighted by molar-refractivity contribution is 5.10. The van der Waals surface area contributed by atoms with Gasteiger partial charge in [0.25, 0.3) is 5.56 Å². The molecule has 1 aliphatic heterocycles. The van der Waals surface area contributed by atoms with Gasteiger partial charge in [-0.3, -0.25) is 9.69 Å². The van der Waals surface area contributed by atoms with Gasteiger partial charge in [-0.2, -0.15) is 0 Å². The number of hydrogen-bond acceptors (Lipinski definition) is 3. The number of hydrogen-bond donors (Lipinski definition) is 0. The molecule has 4 heteroatoms. The van der Waals surface area contributed by atoms with E-state index in [2.05, 4.69) is 4.90 Å². The van der Waals surface area contributed by atoms with Crippen molar-refractivity contribution in [3.63, 3.8) is 0 Å². The first kappa shape index (κ1) is 11.9. The molecule has 2 heterocycles. The minimum atomic E-state index is 0.132. The SMILES string of the molecule is O=c1ccc(CN2CCOCC2)cn1CC1CC1. The van der Waals surface area contributed by atoms with Crippen molar-refractivity contribution in [2.75, 3.05) is 26.3 Å². The van der Waals surface area contributed by atoms with Crippen LogP contribution in [-0.2, 0) is 17.8 Å². The fourth-order valence-electron chi connectivity index (χ4n) is 2.41. The van der Waals surface area contributed by atoms with E-state index in [-0.39, 0.29) is 5.56 Å². The summed E-state index contributed by atoms with van der Waals surface area (Å²) in [6.07, 6.45) is 4.59. The molecule has 0 spiro atoms. The highest BCUT2D eigenvalue weighted by Gasteiger charge is 2.22. The molecule has 0 aromatic carbocycles. The predicted octanol–water partition coefficient (Wildman–Crippen LogP) is 1.09. The summed E-state index contributed by atoms with van der Waals surface area (Å²) in [5.41, 5.74) is 1.37. The second-order valence-corrected chi connectivity index (χ2v) is 5.36. The Morgan fingerprint density at radius 2 is 2.00 bits per heavy atom. The standard InChI is InChI=1S/C14H20N2O2/c17-14-4-3-13(9-15-5-7-18-8-6-15)11-16(14)10-12-1-2-12/h3-4,11-12H,1-2,5-10H2. The van der Waals surface area contributed by atoms with E-state index in [0.29, 0.717) is 0 Å². The van der Waals surface area contributed by atoms with E-state index in [1.54, 1.807) is 6.07 Å². The lowest BCUT2D eigenvalue weighted by Crippen LogP contribution is -2.36. The van der Waals surface area contributed by atoms with Crippen molar-refractivity contribution >= 4 is 0 Å². The molecule has 1 saturated carbocycles. The molecule has 18 heavy (non-hydrogen) atoms. The molecule has 1 saturated heterocycles. The Labute approximate surface area is 107 Å². The number of rotatable bonds is 4. The normalized spacial score (nSPS) is 21.1. The van der Waals surface area contributed by atoms with Crippen molar-refractivity contribution in [2.24, 2.45) is 5.92 Å². The second kappa shape index (κ2) is 5.24. The molecule has 0 N–H and O–H groups in total. The monoisotopic (exact) mass is 248 g/mol. The van der Waals surface area contributed by atoms with Crippen molar-refractivity contribution in [1.82, 2.24) is 9.47 Å². The summed E-state index contributed by atoms with van der Waals surface area (Å²) in [7, 11) is 0. The van der Waals surface area contributed by atoms with Gasteiger partial charge in [-0.15, -0.1) is 0 Å². The maximum Gasteiger partial charge on any atom is 0.250 e. The van der Waals surface area contributed by atoms with E-state index in [4.69, 9.17) is 4.74 Å². The molecule has 0 unspecified atom stereocenters. The van der Waals surface area contributed by atoms with Crippen LogP contribution in [0.5, 0.6) is 0 Å². The van der Waals surface area contributed by atoms with Gasteiger partial charge in [-0.25, -0.2) is 0 Å². The Kier molecular flexibility index (Phi) is 3.48. The third-order valence-corrected chi connectivity index (χ3v) is 3.71. The third kappa shape index (κ3) is 3.00. The fraction of sp³-hybridized carbons (Fsp3) is 0.643. The van der Waals surface area contributed by atoms with Crippen LogP contribution in [-0.4, -0.2) is 35.8 Å². The molecule has 0 atom stereocenters. The van der Waals surface area contributed by atoms with E-state index < -0.39 is 0 Å². The van der Waals surface area contributed by atoms with Crippen LogP contribution >= 0.6 is 0 Å². The Morgan fingerprint density at radius 1 is 1.22 bits per heavy atom. The quantitative estimate of drug-likeness (QED) is 0.800. The number of nitrogens with zero attached hydrogens (tertiary/aromatic N) is 2. The first-order valence-electron chi connectivity index (χ1n) is 6.81. The van der Waals surface area contributed by atoms with E-state index in [1.165, 1.54) is 18.4 Å². The van der Waals surface area contributed by atoms with Crippen LogP contribution in [0.3, 0.4) is 0 Å². The minimum Gasteiger partial charge on any atom is -0.379 e.